The second kappa shape index (κ2) is 4.20. The van der Waals surface area contributed by atoms with Gasteiger partial charge in [0, 0.05) is 11.9 Å². The fourth-order valence-electron chi connectivity index (χ4n) is 2.15. The van der Waals surface area contributed by atoms with Crippen molar-refractivity contribution in [1.29, 1.82) is 0 Å². The van der Waals surface area contributed by atoms with Crippen molar-refractivity contribution >= 4 is 5.69 Å². The highest BCUT2D eigenvalue weighted by atomic mass is 15.3. The van der Waals surface area contributed by atoms with Crippen molar-refractivity contribution in [3.8, 4) is 5.82 Å². The first-order valence-electron chi connectivity index (χ1n) is 5.82. The summed E-state index contributed by atoms with van der Waals surface area (Å²) in [5.41, 5.74) is 11.2. The van der Waals surface area contributed by atoms with Crippen LogP contribution < -0.4 is 5.73 Å². The molecular weight excluding hydrogens is 212 g/mol. The largest absolute Gasteiger partial charge is 0.396 e. The number of hydrogen-bond donors (Lipinski definition) is 1. The molecule has 2 N–H and O–H groups in total. The fourth-order valence-corrected chi connectivity index (χ4v) is 2.15. The van der Waals surface area contributed by atoms with Gasteiger partial charge in [-0.25, -0.2) is 9.67 Å². The van der Waals surface area contributed by atoms with E-state index in [0.29, 0.717) is 5.69 Å². The predicted octanol–water partition coefficient (Wildman–Crippen LogP) is 2.34. The standard InChI is InChI=1S/C13H18N4/c1-5-11-9(3)16-17(10(11)4)13-12(14)6-8(2)7-15-13/h6-7H,5,14H2,1-4H3. The zero-order valence-corrected chi connectivity index (χ0v) is 10.8. The zero-order chi connectivity index (χ0) is 12.6. The molecule has 0 unspecified atom stereocenters. The van der Waals surface area contributed by atoms with E-state index in [-0.39, 0.29) is 0 Å². The molecule has 90 valence electrons. The molecular formula is C13H18N4. The maximum atomic E-state index is 6.00. The Morgan fingerprint density at radius 2 is 2.00 bits per heavy atom. The molecule has 0 aliphatic carbocycles. The molecule has 0 spiro atoms. The molecule has 0 fully saturated rings. The van der Waals surface area contributed by atoms with E-state index >= 15 is 0 Å². The van der Waals surface area contributed by atoms with Crippen LogP contribution in [0.4, 0.5) is 5.69 Å². The van der Waals surface area contributed by atoms with Crippen molar-refractivity contribution in [1.82, 2.24) is 14.8 Å². The zero-order valence-electron chi connectivity index (χ0n) is 10.8. The van der Waals surface area contributed by atoms with Gasteiger partial charge in [-0.2, -0.15) is 5.10 Å². The SMILES string of the molecule is CCc1c(C)nn(-c2ncc(C)cc2N)c1C. The molecule has 0 aliphatic heterocycles. The summed E-state index contributed by atoms with van der Waals surface area (Å²) in [4.78, 5) is 4.37. The molecule has 0 radical (unpaired) electrons. The monoisotopic (exact) mass is 230 g/mol. The molecule has 0 aromatic carbocycles. The van der Waals surface area contributed by atoms with E-state index in [4.69, 9.17) is 5.73 Å². The number of aromatic nitrogens is 3. The highest BCUT2D eigenvalue weighted by Gasteiger charge is 2.13. The van der Waals surface area contributed by atoms with Crippen LogP contribution in [0, 0.1) is 20.8 Å². The van der Waals surface area contributed by atoms with E-state index in [2.05, 4.69) is 23.9 Å². The second-order valence-corrected chi connectivity index (χ2v) is 4.34. The average Bonchev–Trinajstić information content (AvgIpc) is 2.54. The van der Waals surface area contributed by atoms with E-state index in [1.165, 1.54) is 5.56 Å². The Morgan fingerprint density at radius 1 is 1.29 bits per heavy atom. The quantitative estimate of drug-likeness (QED) is 0.861. The molecule has 2 rings (SSSR count). The lowest BCUT2D eigenvalue weighted by atomic mass is 10.1. The summed E-state index contributed by atoms with van der Waals surface area (Å²) < 4.78 is 1.84. The van der Waals surface area contributed by atoms with E-state index in [0.717, 1.165) is 29.2 Å². The van der Waals surface area contributed by atoms with E-state index in [1.54, 1.807) is 0 Å². The van der Waals surface area contributed by atoms with Crippen LogP contribution in [0.1, 0.15) is 29.4 Å². The van der Waals surface area contributed by atoms with E-state index in [1.807, 2.05) is 30.8 Å². The molecule has 2 aromatic heterocycles. The van der Waals surface area contributed by atoms with Gasteiger partial charge in [-0.3, -0.25) is 0 Å². The van der Waals surface area contributed by atoms with Gasteiger partial charge in [0.05, 0.1) is 11.4 Å². The van der Waals surface area contributed by atoms with E-state index in [9.17, 15) is 0 Å². The van der Waals surface area contributed by atoms with Crippen LogP contribution in [-0.4, -0.2) is 14.8 Å². The van der Waals surface area contributed by atoms with Crippen LogP contribution in [0.3, 0.4) is 0 Å². The van der Waals surface area contributed by atoms with Gasteiger partial charge < -0.3 is 5.73 Å². The maximum absolute atomic E-state index is 6.00. The van der Waals surface area contributed by atoms with Crippen LogP contribution in [-0.2, 0) is 6.42 Å². The highest BCUT2D eigenvalue weighted by molar-refractivity contribution is 5.54. The number of nitrogens with two attached hydrogens (primary N) is 1. The van der Waals surface area contributed by atoms with Crippen molar-refractivity contribution in [2.45, 2.75) is 34.1 Å². The van der Waals surface area contributed by atoms with Crippen LogP contribution in [0.15, 0.2) is 12.3 Å². The number of aryl methyl sites for hydroxylation is 2. The van der Waals surface area contributed by atoms with Gasteiger partial charge in [0.25, 0.3) is 0 Å². The van der Waals surface area contributed by atoms with E-state index < -0.39 is 0 Å². The first-order valence-corrected chi connectivity index (χ1v) is 5.82. The van der Waals surface area contributed by atoms with Gasteiger partial charge in [-0.15, -0.1) is 0 Å². The molecule has 4 heteroatoms. The van der Waals surface area contributed by atoms with Crippen LogP contribution in [0.2, 0.25) is 0 Å². The Bertz CT molecular complexity index is 555. The van der Waals surface area contributed by atoms with Gasteiger partial charge in [-0.05, 0) is 44.4 Å². The Morgan fingerprint density at radius 3 is 2.53 bits per heavy atom. The maximum Gasteiger partial charge on any atom is 0.176 e. The van der Waals surface area contributed by atoms with Crippen molar-refractivity contribution in [2.75, 3.05) is 5.73 Å². The number of rotatable bonds is 2. The summed E-state index contributed by atoms with van der Waals surface area (Å²) in [5, 5.41) is 4.52. The molecule has 0 aliphatic rings. The predicted molar refractivity (Wildman–Crippen MR) is 69.4 cm³/mol. The molecule has 0 bridgehead atoms. The third-order valence-corrected chi connectivity index (χ3v) is 3.03. The molecule has 0 amide bonds. The Labute approximate surface area is 101 Å². The first-order chi connectivity index (χ1) is 8.04. The molecule has 0 saturated heterocycles. The molecule has 0 saturated carbocycles. The van der Waals surface area contributed by atoms with Gasteiger partial charge in [-0.1, -0.05) is 6.92 Å². The average molecular weight is 230 g/mol. The number of nitrogens with zero attached hydrogens (tertiary/aromatic N) is 3. The molecule has 2 aromatic rings. The van der Waals surface area contributed by atoms with Gasteiger partial charge in [0.15, 0.2) is 5.82 Å². The Kier molecular flexibility index (Phi) is 2.88. The summed E-state index contributed by atoms with van der Waals surface area (Å²) in [5.74, 6) is 0.718. The molecule has 2 heterocycles. The number of hydrogen-bond acceptors (Lipinski definition) is 3. The van der Waals surface area contributed by atoms with Crippen LogP contribution >= 0.6 is 0 Å². The molecule has 4 nitrogen and oxygen atoms in total. The lowest BCUT2D eigenvalue weighted by Gasteiger charge is -2.07. The summed E-state index contributed by atoms with van der Waals surface area (Å²) in [6, 6.07) is 1.92. The van der Waals surface area contributed by atoms with Gasteiger partial charge in [0.2, 0.25) is 0 Å². The van der Waals surface area contributed by atoms with Gasteiger partial charge >= 0.3 is 0 Å². The lowest BCUT2D eigenvalue weighted by molar-refractivity contribution is 0.807. The third kappa shape index (κ3) is 1.90. The number of pyridine rings is 1. The number of anilines is 1. The summed E-state index contributed by atoms with van der Waals surface area (Å²) in [6.07, 6.45) is 2.79. The van der Waals surface area contributed by atoms with Crippen molar-refractivity contribution < 1.29 is 0 Å². The molecule has 17 heavy (non-hydrogen) atoms. The normalized spacial score (nSPS) is 10.8. The smallest absolute Gasteiger partial charge is 0.176 e. The second-order valence-electron chi connectivity index (χ2n) is 4.34. The molecule has 0 atom stereocenters. The lowest BCUT2D eigenvalue weighted by Crippen LogP contribution is -2.06. The Hall–Kier alpha value is -1.84. The summed E-state index contributed by atoms with van der Waals surface area (Å²) in [7, 11) is 0. The summed E-state index contributed by atoms with van der Waals surface area (Å²) >= 11 is 0. The summed E-state index contributed by atoms with van der Waals surface area (Å²) in [6.45, 7) is 8.19. The van der Waals surface area contributed by atoms with Crippen molar-refractivity contribution in [2.24, 2.45) is 0 Å². The minimum atomic E-state index is 0.665. The van der Waals surface area contributed by atoms with Crippen molar-refractivity contribution in [3.05, 3.63) is 34.8 Å². The van der Waals surface area contributed by atoms with Crippen molar-refractivity contribution in [3.63, 3.8) is 0 Å². The number of nitrogen functional groups attached to an aromatic ring is 1. The van der Waals surface area contributed by atoms with Crippen LogP contribution in [0.5, 0.6) is 0 Å². The topological polar surface area (TPSA) is 56.7 Å². The van der Waals surface area contributed by atoms with Crippen LogP contribution in [0.25, 0.3) is 5.82 Å². The third-order valence-electron chi connectivity index (χ3n) is 3.03. The fraction of sp³-hybridized carbons (Fsp3) is 0.385. The first kappa shape index (κ1) is 11.6. The Balaban J connectivity index is 2.61. The minimum absolute atomic E-state index is 0.665. The minimum Gasteiger partial charge on any atom is -0.396 e. The highest BCUT2D eigenvalue weighted by Crippen LogP contribution is 2.21. The van der Waals surface area contributed by atoms with Gasteiger partial charge in [0.1, 0.15) is 0 Å².